The molecule has 0 saturated heterocycles. The molecule has 1 heterocycles. The Morgan fingerprint density at radius 3 is 2.95 bits per heavy atom. The summed E-state index contributed by atoms with van der Waals surface area (Å²) in [5.41, 5.74) is 0.714. The molecular weight excluding hydrogens is 246 g/mol. The molecule has 104 valence electrons. The number of nitrogens with zero attached hydrogens (tertiary/aromatic N) is 2. The molecule has 1 atom stereocenters. The highest BCUT2D eigenvalue weighted by atomic mass is 16.5. The summed E-state index contributed by atoms with van der Waals surface area (Å²) in [6.07, 6.45) is 2.70. The average molecular weight is 265 g/mol. The minimum Gasteiger partial charge on any atom is -0.480 e. The quantitative estimate of drug-likeness (QED) is 0.699. The van der Waals surface area contributed by atoms with Crippen LogP contribution in [0.5, 0.6) is 5.88 Å². The number of carboxylic acid groups (broad SMARTS) is 1. The van der Waals surface area contributed by atoms with Gasteiger partial charge in [0, 0.05) is 11.8 Å². The van der Waals surface area contributed by atoms with Gasteiger partial charge in [-0.3, -0.25) is 0 Å². The molecule has 1 rings (SSSR count). The number of nitrogens with one attached hydrogen (secondary N) is 1. The summed E-state index contributed by atoms with van der Waals surface area (Å²) < 4.78 is 5.42. The molecule has 0 radical (unpaired) electrons. The Morgan fingerprint density at radius 2 is 2.37 bits per heavy atom. The highest BCUT2D eigenvalue weighted by Crippen LogP contribution is 2.13. The Kier molecular flexibility index (Phi) is 5.78. The van der Waals surface area contributed by atoms with Crippen molar-refractivity contribution in [2.24, 2.45) is 0 Å². The second kappa shape index (κ2) is 7.35. The van der Waals surface area contributed by atoms with E-state index < -0.39 is 12.0 Å². The zero-order valence-electron chi connectivity index (χ0n) is 11.2. The third kappa shape index (κ3) is 4.95. The van der Waals surface area contributed by atoms with E-state index in [1.165, 1.54) is 6.08 Å². The largest absolute Gasteiger partial charge is 0.480 e. The van der Waals surface area contributed by atoms with Crippen LogP contribution in [0, 0.1) is 6.92 Å². The van der Waals surface area contributed by atoms with Gasteiger partial charge < -0.3 is 15.2 Å². The van der Waals surface area contributed by atoms with Crippen LogP contribution in [0.3, 0.4) is 0 Å². The number of aromatic nitrogens is 2. The van der Waals surface area contributed by atoms with Gasteiger partial charge in [-0.05, 0) is 19.8 Å². The van der Waals surface area contributed by atoms with Gasteiger partial charge in [0.1, 0.15) is 6.04 Å². The van der Waals surface area contributed by atoms with Crippen LogP contribution in [0.15, 0.2) is 18.7 Å². The van der Waals surface area contributed by atoms with Gasteiger partial charge >= 0.3 is 5.97 Å². The Hall–Kier alpha value is -2.11. The monoisotopic (exact) mass is 265 g/mol. The number of hydrogen-bond donors (Lipinski definition) is 2. The fraction of sp³-hybridized carbons (Fsp3) is 0.462. The van der Waals surface area contributed by atoms with E-state index in [1.807, 2.05) is 6.92 Å². The Bertz CT molecular complexity index is 449. The normalized spacial score (nSPS) is 11.7. The van der Waals surface area contributed by atoms with E-state index in [2.05, 4.69) is 21.9 Å². The molecule has 6 nitrogen and oxygen atoms in total. The zero-order valence-corrected chi connectivity index (χ0v) is 11.2. The van der Waals surface area contributed by atoms with Gasteiger partial charge in [-0.25, -0.2) is 9.78 Å². The minimum absolute atomic E-state index is 0.250. The maximum Gasteiger partial charge on any atom is 0.326 e. The molecule has 2 N–H and O–H groups in total. The van der Waals surface area contributed by atoms with Gasteiger partial charge in [-0.1, -0.05) is 13.0 Å². The van der Waals surface area contributed by atoms with Crippen molar-refractivity contribution >= 4 is 11.9 Å². The second-order valence-corrected chi connectivity index (χ2v) is 4.08. The number of aliphatic carboxylic acids is 1. The van der Waals surface area contributed by atoms with Gasteiger partial charge in [0.25, 0.3) is 0 Å². The van der Waals surface area contributed by atoms with Gasteiger partial charge in [0.15, 0.2) is 0 Å². The van der Waals surface area contributed by atoms with Crippen molar-refractivity contribution in [3.8, 4) is 5.88 Å². The molecule has 1 aromatic rings. The molecule has 19 heavy (non-hydrogen) atoms. The topological polar surface area (TPSA) is 84.3 Å². The summed E-state index contributed by atoms with van der Waals surface area (Å²) in [7, 11) is 0. The first-order valence-electron chi connectivity index (χ1n) is 6.15. The summed E-state index contributed by atoms with van der Waals surface area (Å²) in [6, 6.07) is 0.919. The number of anilines is 1. The molecule has 0 spiro atoms. The molecule has 0 saturated carbocycles. The van der Waals surface area contributed by atoms with Crippen molar-refractivity contribution in [1.82, 2.24) is 9.97 Å². The van der Waals surface area contributed by atoms with E-state index >= 15 is 0 Å². The number of hydrogen-bond acceptors (Lipinski definition) is 5. The molecule has 0 aliphatic rings. The van der Waals surface area contributed by atoms with Crippen LogP contribution in [-0.4, -0.2) is 33.7 Å². The first-order valence-corrected chi connectivity index (χ1v) is 6.15. The molecule has 6 heteroatoms. The Morgan fingerprint density at radius 1 is 1.63 bits per heavy atom. The molecule has 1 unspecified atom stereocenters. The second-order valence-electron chi connectivity index (χ2n) is 4.08. The van der Waals surface area contributed by atoms with Crippen LogP contribution in [0.4, 0.5) is 5.95 Å². The van der Waals surface area contributed by atoms with Crippen LogP contribution < -0.4 is 10.1 Å². The molecule has 1 aromatic heterocycles. The van der Waals surface area contributed by atoms with Gasteiger partial charge in [-0.15, -0.1) is 6.58 Å². The molecule has 0 fully saturated rings. The zero-order chi connectivity index (χ0) is 14.3. The van der Waals surface area contributed by atoms with Gasteiger partial charge in [0.2, 0.25) is 11.8 Å². The average Bonchev–Trinajstić information content (AvgIpc) is 2.35. The lowest BCUT2D eigenvalue weighted by Crippen LogP contribution is -2.29. The van der Waals surface area contributed by atoms with E-state index in [1.54, 1.807) is 13.0 Å². The smallest absolute Gasteiger partial charge is 0.326 e. The number of carbonyl (C=O) groups is 1. The van der Waals surface area contributed by atoms with Crippen LogP contribution in [0.25, 0.3) is 0 Å². The van der Waals surface area contributed by atoms with E-state index in [-0.39, 0.29) is 12.4 Å². The van der Waals surface area contributed by atoms with Crippen molar-refractivity contribution in [1.29, 1.82) is 0 Å². The van der Waals surface area contributed by atoms with Crippen LogP contribution in [0.1, 0.15) is 25.5 Å². The van der Waals surface area contributed by atoms with Gasteiger partial charge in [-0.2, -0.15) is 4.98 Å². The Labute approximate surface area is 112 Å². The number of ether oxygens (including phenoxy) is 1. The van der Waals surface area contributed by atoms with Crippen molar-refractivity contribution < 1.29 is 14.6 Å². The summed E-state index contributed by atoms with van der Waals surface area (Å²) in [5.74, 6) is -0.277. The summed E-state index contributed by atoms with van der Waals surface area (Å²) >= 11 is 0. The Balaban J connectivity index is 2.83. The maximum absolute atomic E-state index is 11.0. The predicted octanol–water partition coefficient (Wildman–Crippen LogP) is 2.02. The van der Waals surface area contributed by atoms with Crippen LogP contribution in [0.2, 0.25) is 0 Å². The highest BCUT2D eigenvalue weighted by molar-refractivity contribution is 5.76. The summed E-state index contributed by atoms with van der Waals surface area (Å²) in [4.78, 5) is 19.3. The van der Waals surface area contributed by atoms with E-state index in [0.717, 1.165) is 6.42 Å². The fourth-order valence-electron chi connectivity index (χ4n) is 1.43. The molecule has 0 amide bonds. The lowest BCUT2D eigenvalue weighted by Gasteiger charge is -2.13. The first kappa shape index (κ1) is 14.9. The van der Waals surface area contributed by atoms with E-state index in [9.17, 15) is 4.79 Å². The molecular formula is C13H19N3O3. The van der Waals surface area contributed by atoms with Crippen LogP contribution in [-0.2, 0) is 4.79 Å². The number of carboxylic acids is 1. The van der Waals surface area contributed by atoms with Crippen molar-refractivity contribution in [2.75, 3.05) is 11.9 Å². The predicted molar refractivity (Wildman–Crippen MR) is 72.4 cm³/mol. The number of rotatable bonds is 8. The van der Waals surface area contributed by atoms with E-state index in [0.29, 0.717) is 18.2 Å². The SMILES string of the molecule is C=CCC(Nc1nc(C)cc(OCCC)n1)C(=O)O. The fourth-order valence-corrected chi connectivity index (χ4v) is 1.43. The molecule has 0 aliphatic carbocycles. The molecule has 0 aliphatic heterocycles. The van der Waals surface area contributed by atoms with Crippen molar-refractivity contribution in [3.63, 3.8) is 0 Å². The minimum atomic E-state index is -0.971. The lowest BCUT2D eigenvalue weighted by molar-refractivity contribution is -0.137. The van der Waals surface area contributed by atoms with Gasteiger partial charge in [0.05, 0.1) is 6.61 Å². The van der Waals surface area contributed by atoms with Crippen molar-refractivity contribution in [3.05, 3.63) is 24.4 Å². The molecule has 0 bridgehead atoms. The first-order chi connectivity index (χ1) is 9.06. The van der Waals surface area contributed by atoms with E-state index in [4.69, 9.17) is 9.84 Å². The summed E-state index contributed by atoms with van der Waals surface area (Å²) in [6.45, 7) is 7.89. The summed E-state index contributed by atoms with van der Waals surface area (Å²) in [5, 5.41) is 11.8. The molecule has 0 aromatic carbocycles. The highest BCUT2D eigenvalue weighted by Gasteiger charge is 2.17. The third-order valence-corrected chi connectivity index (χ3v) is 2.29. The number of aryl methyl sites for hydroxylation is 1. The lowest BCUT2D eigenvalue weighted by atomic mass is 10.2. The standard InChI is InChI=1S/C13H19N3O3/c1-4-6-10(12(17)18)15-13-14-9(3)8-11(16-13)19-7-5-2/h4,8,10H,1,5-7H2,2-3H3,(H,17,18)(H,14,15,16). The van der Waals surface area contributed by atoms with Crippen molar-refractivity contribution in [2.45, 2.75) is 32.7 Å². The maximum atomic E-state index is 11.0. The van der Waals surface area contributed by atoms with Crippen LogP contribution >= 0.6 is 0 Å². The third-order valence-electron chi connectivity index (χ3n) is 2.29.